The lowest BCUT2D eigenvalue weighted by molar-refractivity contribution is 0.480. The van der Waals surface area contributed by atoms with Gasteiger partial charge in [0.05, 0.1) is 0 Å². The molecule has 0 aromatic rings. The van der Waals surface area contributed by atoms with Crippen molar-refractivity contribution in [3.63, 3.8) is 0 Å². The Morgan fingerprint density at radius 1 is 0.385 bits per heavy atom. The third kappa shape index (κ3) is 105. The first kappa shape index (κ1) is 96.2. The van der Waals surface area contributed by atoms with E-state index in [2.05, 4.69) is 41.5 Å². The van der Waals surface area contributed by atoms with E-state index in [0.717, 1.165) is 11.8 Å². The quantitative estimate of drug-likeness (QED) is 0.405. The van der Waals surface area contributed by atoms with Gasteiger partial charge in [-0.3, -0.25) is 0 Å². The number of hydrogen-bond donors (Lipinski definition) is 0. The van der Waals surface area contributed by atoms with E-state index in [9.17, 15) is 0 Å². The van der Waals surface area contributed by atoms with Crippen molar-refractivity contribution in [2.75, 3.05) is 0 Å². The highest BCUT2D eigenvalue weighted by atomic mass is 14.0. The molecule has 0 rings (SSSR count). The summed E-state index contributed by atoms with van der Waals surface area (Å²) in [6, 6.07) is 0. The molecule has 0 aromatic carbocycles. The van der Waals surface area contributed by atoms with Crippen LogP contribution in [-0.4, -0.2) is 0 Å². The normalized spacial score (nSPS) is 7.04. The van der Waals surface area contributed by atoms with E-state index in [-0.39, 0.29) is 81.7 Å². The Morgan fingerprint density at radius 3 is 0.692 bits per heavy atom. The molecule has 0 N–H and O–H groups in total. The van der Waals surface area contributed by atoms with Crippen LogP contribution in [0.3, 0.4) is 0 Å². The summed E-state index contributed by atoms with van der Waals surface area (Å²) in [5.74, 6) is 1.91. The molecule has 0 heteroatoms. The van der Waals surface area contributed by atoms with Crippen LogP contribution in [0.15, 0.2) is 0 Å². The Balaban J connectivity index is -0.00000000833. The van der Waals surface area contributed by atoms with Crippen LogP contribution >= 0.6 is 0 Å². The summed E-state index contributed by atoms with van der Waals surface area (Å²) in [5, 5.41) is 0. The number of hydrogen-bond acceptors (Lipinski definition) is 0. The van der Waals surface area contributed by atoms with Gasteiger partial charge in [-0.05, 0) is 11.8 Å². The Labute approximate surface area is 180 Å². The zero-order chi connectivity index (χ0) is 12.1. The van der Waals surface area contributed by atoms with Gasteiger partial charge in [-0.25, -0.2) is 0 Å². The third-order valence-electron chi connectivity index (χ3n) is 3.04. The Hall–Kier alpha value is 0. The minimum absolute atomic E-state index is 0. The van der Waals surface area contributed by atoms with Gasteiger partial charge in [0.15, 0.2) is 0 Å². The minimum atomic E-state index is 0. The molecule has 0 fully saturated rings. The number of rotatable bonds is 7. The summed E-state index contributed by atoms with van der Waals surface area (Å²) in [6.45, 7) is 13.7. The van der Waals surface area contributed by atoms with Crippen molar-refractivity contribution in [2.24, 2.45) is 11.8 Å². The van der Waals surface area contributed by atoms with Crippen LogP contribution in [0.2, 0.25) is 0 Å². The van der Waals surface area contributed by atoms with Crippen LogP contribution in [0, 0.1) is 11.8 Å². The van der Waals surface area contributed by atoms with Crippen LogP contribution in [0.1, 0.15) is 168 Å². The molecule has 0 aliphatic heterocycles. The van der Waals surface area contributed by atoms with Gasteiger partial charge in [-0.2, -0.15) is 0 Å². The standard InChI is InChI=1S/C8H18.C7H16.11CH4/c1-4-6-8(3)7-5-2;1-4-6-7(3)5-2;;;;;;;;;;;/h8H,4-7H2,1-3H3;7H,4-6H2,1-3H3;11*1H4. The topological polar surface area (TPSA) is 0 Å². The highest BCUT2D eigenvalue weighted by Crippen LogP contribution is 2.10. The first-order chi connectivity index (χ1) is 7.12. The van der Waals surface area contributed by atoms with Crippen molar-refractivity contribution in [2.45, 2.75) is 168 Å². The molecule has 0 spiro atoms. The predicted molar refractivity (Wildman–Crippen MR) is 147 cm³/mol. The second-order valence-electron chi connectivity index (χ2n) is 4.98. The van der Waals surface area contributed by atoms with Crippen LogP contribution in [0.5, 0.6) is 0 Å². The first-order valence-electron chi connectivity index (χ1n) is 7.12. The van der Waals surface area contributed by atoms with Gasteiger partial charge in [0.1, 0.15) is 0 Å². The fourth-order valence-electron chi connectivity index (χ4n) is 1.83. The maximum Gasteiger partial charge on any atom is -0.0443 e. The fourth-order valence-corrected chi connectivity index (χ4v) is 1.83. The molecular formula is C26H78. The minimum Gasteiger partial charge on any atom is -0.0776 e. The Morgan fingerprint density at radius 2 is 0.577 bits per heavy atom. The molecule has 0 nitrogen and oxygen atoms in total. The van der Waals surface area contributed by atoms with Crippen molar-refractivity contribution >= 4 is 0 Å². The van der Waals surface area contributed by atoms with E-state index in [4.69, 9.17) is 0 Å². The van der Waals surface area contributed by atoms with Crippen molar-refractivity contribution in [1.29, 1.82) is 0 Å². The van der Waals surface area contributed by atoms with Crippen molar-refractivity contribution in [1.82, 2.24) is 0 Å². The highest BCUT2D eigenvalue weighted by molar-refractivity contribution is 4.49. The van der Waals surface area contributed by atoms with E-state index < -0.39 is 0 Å². The van der Waals surface area contributed by atoms with Gasteiger partial charge in [-0.15, -0.1) is 0 Å². The second-order valence-corrected chi connectivity index (χ2v) is 4.98. The molecule has 0 saturated heterocycles. The fraction of sp³-hybridized carbons (Fsp3) is 1.00. The van der Waals surface area contributed by atoms with Gasteiger partial charge in [0.25, 0.3) is 0 Å². The van der Waals surface area contributed by atoms with E-state index in [0.29, 0.717) is 0 Å². The van der Waals surface area contributed by atoms with Gasteiger partial charge in [0.2, 0.25) is 0 Å². The van der Waals surface area contributed by atoms with Gasteiger partial charge in [-0.1, -0.05) is 168 Å². The van der Waals surface area contributed by atoms with E-state index in [1.807, 2.05) is 0 Å². The molecule has 1 atom stereocenters. The van der Waals surface area contributed by atoms with Gasteiger partial charge < -0.3 is 0 Å². The summed E-state index contributed by atoms with van der Waals surface area (Å²) < 4.78 is 0. The molecule has 0 saturated carbocycles. The molecule has 182 valence electrons. The summed E-state index contributed by atoms with van der Waals surface area (Å²) in [5.41, 5.74) is 0. The molecule has 1 unspecified atom stereocenters. The Kier molecular flexibility index (Phi) is 315. The molecule has 26 heavy (non-hydrogen) atoms. The smallest absolute Gasteiger partial charge is 0.0443 e. The summed E-state index contributed by atoms with van der Waals surface area (Å²) >= 11 is 0. The average Bonchev–Trinajstić information content (AvgIpc) is 2.20. The molecule has 0 bridgehead atoms. The lowest BCUT2D eigenvalue weighted by atomic mass is 10.0. The summed E-state index contributed by atoms with van der Waals surface area (Å²) in [7, 11) is 0. The molecule has 0 heterocycles. The summed E-state index contributed by atoms with van der Waals surface area (Å²) in [4.78, 5) is 0. The monoisotopic (exact) mass is 391 g/mol. The SMILES string of the molecule is C.C.C.C.C.C.C.C.C.C.C.CCCC(C)CC.CCCC(C)CCC. The van der Waals surface area contributed by atoms with Gasteiger partial charge in [0, 0.05) is 0 Å². The zero-order valence-electron chi connectivity index (χ0n) is 12.1. The van der Waals surface area contributed by atoms with Gasteiger partial charge >= 0.3 is 0 Å². The molecule has 0 amide bonds. The summed E-state index contributed by atoms with van der Waals surface area (Å²) in [6.07, 6.45) is 9.60. The lowest BCUT2D eigenvalue weighted by Gasteiger charge is -2.05. The van der Waals surface area contributed by atoms with E-state index >= 15 is 0 Å². The second kappa shape index (κ2) is 85.2. The highest BCUT2D eigenvalue weighted by Gasteiger charge is 1.95. The molecule has 0 aromatic heterocycles. The molecular weight excluding hydrogens is 312 g/mol. The predicted octanol–water partition coefficient (Wildman–Crippen LogP) is 13.1. The Bertz CT molecular complexity index is 90.2. The molecule has 0 aliphatic rings. The third-order valence-corrected chi connectivity index (χ3v) is 3.04. The van der Waals surface area contributed by atoms with Crippen LogP contribution in [0.25, 0.3) is 0 Å². The van der Waals surface area contributed by atoms with Crippen molar-refractivity contribution in [3.05, 3.63) is 0 Å². The average molecular weight is 391 g/mol. The van der Waals surface area contributed by atoms with E-state index in [1.54, 1.807) is 0 Å². The zero-order valence-corrected chi connectivity index (χ0v) is 12.1. The largest absolute Gasteiger partial charge is 0.0776 e. The van der Waals surface area contributed by atoms with E-state index in [1.165, 1.54) is 44.9 Å². The molecule has 0 aliphatic carbocycles. The van der Waals surface area contributed by atoms with Crippen LogP contribution in [-0.2, 0) is 0 Å². The van der Waals surface area contributed by atoms with Crippen LogP contribution in [0.4, 0.5) is 0 Å². The maximum absolute atomic E-state index is 2.34. The van der Waals surface area contributed by atoms with Crippen molar-refractivity contribution < 1.29 is 0 Å². The maximum atomic E-state index is 2.34. The lowest BCUT2D eigenvalue weighted by Crippen LogP contribution is -1.91. The first-order valence-corrected chi connectivity index (χ1v) is 7.12. The van der Waals surface area contributed by atoms with Crippen LogP contribution < -0.4 is 0 Å². The molecule has 0 radical (unpaired) electrons. The van der Waals surface area contributed by atoms with Crippen molar-refractivity contribution in [3.8, 4) is 0 Å².